The van der Waals surface area contributed by atoms with E-state index in [2.05, 4.69) is 15.0 Å². The predicted octanol–water partition coefficient (Wildman–Crippen LogP) is -0.113. The average molecular weight is 462 g/mol. The second-order valence-electron chi connectivity index (χ2n) is 7.41. The number of aliphatic hydroxyl groups is 1. The molecule has 0 amide bonds. The number of ether oxygens (including phenoxy) is 3. The molecule has 4 heterocycles. The van der Waals surface area contributed by atoms with Crippen LogP contribution in [0.2, 0.25) is 0 Å². The zero-order valence-corrected chi connectivity index (χ0v) is 18.2. The zero-order chi connectivity index (χ0) is 21.7. The molecule has 14 heteroatoms. The molecule has 30 heavy (non-hydrogen) atoms. The van der Waals surface area contributed by atoms with Crippen LogP contribution in [0.15, 0.2) is 11.4 Å². The van der Waals surface area contributed by atoms with Gasteiger partial charge in [-0.3, -0.25) is 8.75 Å². The van der Waals surface area contributed by atoms with Crippen LogP contribution in [0.1, 0.15) is 20.1 Å². The summed E-state index contributed by atoms with van der Waals surface area (Å²) in [6, 6.07) is 0. The quantitative estimate of drug-likeness (QED) is 0.334. The van der Waals surface area contributed by atoms with Gasteiger partial charge in [-0.05, 0) is 13.8 Å². The Kier molecular flexibility index (Phi) is 5.67. The molecule has 2 fully saturated rings. The van der Waals surface area contributed by atoms with Gasteiger partial charge in [0.05, 0.1) is 25.8 Å². The molecule has 4 atom stereocenters. The summed E-state index contributed by atoms with van der Waals surface area (Å²) >= 11 is 1.28. The van der Waals surface area contributed by atoms with E-state index in [1.165, 1.54) is 18.1 Å². The molecule has 0 saturated carbocycles. The van der Waals surface area contributed by atoms with E-state index in [0.29, 0.717) is 21.9 Å². The van der Waals surface area contributed by atoms with Crippen LogP contribution >= 0.6 is 11.8 Å². The summed E-state index contributed by atoms with van der Waals surface area (Å²) in [4.78, 5) is 12.8. The smallest absolute Gasteiger partial charge is 0.264 e. The van der Waals surface area contributed by atoms with Gasteiger partial charge in [-0.2, -0.15) is 13.4 Å². The van der Waals surface area contributed by atoms with E-state index in [0.717, 1.165) is 6.26 Å². The van der Waals surface area contributed by atoms with E-state index < -0.39 is 40.4 Å². The van der Waals surface area contributed by atoms with E-state index in [-0.39, 0.29) is 19.2 Å². The molecule has 0 aliphatic carbocycles. The first-order valence-corrected chi connectivity index (χ1v) is 12.0. The van der Waals surface area contributed by atoms with Crippen molar-refractivity contribution in [1.29, 1.82) is 0 Å². The number of aliphatic hydroxyl groups excluding tert-OH is 1. The molecule has 0 radical (unpaired) electrons. The molecule has 0 unspecified atom stereocenters. The van der Waals surface area contributed by atoms with Gasteiger partial charge in [-0.1, -0.05) is 0 Å². The lowest BCUT2D eigenvalue weighted by molar-refractivity contribution is -0.299. The van der Waals surface area contributed by atoms with E-state index in [1.807, 2.05) is 0 Å². The molecule has 2 aromatic rings. The normalized spacial score (nSPS) is 28.7. The zero-order valence-electron chi connectivity index (χ0n) is 16.6. The fourth-order valence-electron chi connectivity index (χ4n) is 3.49. The number of anilines is 1. The van der Waals surface area contributed by atoms with Gasteiger partial charge in [-0.15, -0.1) is 11.8 Å². The van der Waals surface area contributed by atoms with Gasteiger partial charge in [0.1, 0.15) is 22.8 Å². The first-order chi connectivity index (χ1) is 14.1. The number of rotatable bonds is 6. The summed E-state index contributed by atoms with van der Waals surface area (Å²) in [6.45, 7) is 3.64. The molecule has 3 N–H and O–H groups in total. The number of hydrogen-bond acceptors (Lipinski definition) is 12. The van der Waals surface area contributed by atoms with Crippen LogP contribution in [0.4, 0.5) is 5.95 Å². The average Bonchev–Trinajstić information content (AvgIpc) is 3.19. The summed E-state index contributed by atoms with van der Waals surface area (Å²) in [5.74, 6) is -0.500. The summed E-state index contributed by atoms with van der Waals surface area (Å²) in [5, 5.41) is 9.61. The predicted molar refractivity (Wildman–Crippen MR) is 106 cm³/mol. The number of nitrogens with two attached hydrogens (primary N) is 1. The Balaban J connectivity index is 1.76. The lowest BCUT2D eigenvalue weighted by Crippen LogP contribution is -2.50. The van der Waals surface area contributed by atoms with Crippen molar-refractivity contribution in [1.82, 2.24) is 19.5 Å². The van der Waals surface area contributed by atoms with Gasteiger partial charge in [-0.25, -0.2) is 9.97 Å². The van der Waals surface area contributed by atoms with Crippen LogP contribution in [-0.2, 0) is 28.5 Å². The minimum atomic E-state index is -3.82. The Labute approximate surface area is 177 Å². The number of nitrogens with zero attached hydrogens (tertiary/aromatic N) is 4. The van der Waals surface area contributed by atoms with Crippen molar-refractivity contribution in [2.75, 3.05) is 31.0 Å². The molecule has 4 rings (SSSR count). The van der Waals surface area contributed by atoms with Crippen molar-refractivity contribution in [3.05, 3.63) is 6.33 Å². The molecule has 2 aliphatic rings. The van der Waals surface area contributed by atoms with Crippen LogP contribution in [0.25, 0.3) is 11.2 Å². The third-order valence-corrected chi connectivity index (χ3v) is 6.11. The van der Waals surface area contributed by atoms with Crippen molar-refractivity contribution in [3.63, 3.8) is 0 Å². The number of imidazole rings is 1. The second-order valence-corrected chi connectivity index (χ2v) is 10.1. The Morgan fingerprint density at radius 2 is 2.20 bits per heavy atom. The topological polar surface area (TPSA) is 161 Å². The van der Waals surface area contributed by atoms with Crippen LogP contribution in [0.5, 0.6) is 0 Å². The second kappa shape index (κ2) is 7.85. The number of thioether (sulfide) groups is 1. The van der Waals surface area contributed by atoms with Crippen molar-refractivity contribution in [2.45, 2.75) is 49.2 Å². The number of nitrogen functional groups attached to an aromatic ring is 1. The van der Waals surface area contributed by atoms with Gasteiger partial charge in [0.2, 0.25) is 5.95 Å². The highest BCUT2D eigenvalue weighted by Gasteiger charge is 2.54. The number of fused-ring (bicyclic) bond motifs is 2. The Morgan fingerprint density at radius 3 is 2.90 bits per heavy atom. The third kappa shape index (κ3) is 4.26. The van der Waals surface area contributed by atoms with Crippen LogP contribution in [0.3, 0.4) is 0 Å². The van der Waals surface area contributed by atoms with Gasteiger partial charge in [0, 0.05) is 5.75 Å². The van der Waals surface area contributed by atoms with Crippen LogP contribution in [-0.4, -0.2) is 82.4 Å². The van der Waals surface area contributed by atoms with Crippen LogP contribution < -0.4 is 5.73 Å². The molecule has 0 spiro atoms. The van der Waals surface area contributed by atoms with Crippen LogP contribution in [0, 0.1) is 0 Å². The highest BCUT2D eigenvalue weighted by Crippen LogP contribution is 2.41. The first-order valence-electron chi connectivity index (χ1n) is 9.17. The van der Waals surface area contributed by atoms with E-state index in [4.69, 9.17) is 29.2 Å². The maximum atomic E-state index is 12.0. The van der Waals surface area contributed by atoms with Gasteiger partial charge < -0.3 is 25.1 Å². The molecule has 2 saturated heterocycles. The summed E-state index contributed by atoms with van der Waals surface area (Å²) < 4.78 is 48.5. The lowest BCUT2D eigenvalue weighted by Gasteiger charge is -2.38. The Hall–Kier alpha value is -1.55. The maximum Gasteiger partial charge on any atom is 0.264 e. The monoisotopic (exact) mass is 461 g/mol. The van der Waals surface area contributed by atoms with Crippen molar-refractivity contribution in [2.24, 2.45) is 0 Å². The van der Waals surface area contributed by atoms with E-state index in [9.17, 15) is 8.42 Å². The molecule has 2 aliphatic heterocycles. The number of aromatic nitrogens is 4. The first kappa shape index (κ1) is 21.7. The molecule has 2 aromatic heterocycles. The van der Waals surface area contributed by atoms with Crippen molar-refractivity contribution >= 4 is 39.0 Å². The van der Waals surface area contributed by atoms with Gasteiger partial charge in [0.25, 0.3) is 10.1 Å². The largest absolute Gasteiger partial charge is 0.396 e. The maximum absolute atomic E-state index is 12.0. The van der Waals surface area contributed by atoms with Gasteiger partial charge >= 0.3 is 0 Å². The lowest BCUT2D eigenvalue weighted by atomic mass is 10.1. The third-order valence-electron chi connectivity index (χ3n) is 4.60. The van der Waals surface area contributed by atoms with E-state index >= 15 is 0 Å². The SMILES string of the molecule is CC1(C)OC[C@H]2O[C@@H](n3cnc4c(SCCO)nc(N)nc43)[C@@H](OS(C)(=O)=O)[C@H]2O1. The summed E-state index contributed by atoms with van der Waals surface area (Å²) in [6.07, 6.45) is -0.688. The van der Waals surface area contributed by atoms with E-state index in [1.54, 1.807) is 18.4 Å². The highest BCUT2D eigenvalue weighted by atomic mass is 32.2. The fourth-order valence-corrected chi connectivity index (χ4v) is 4.82. The molecule has 12 nitrogen and oxygen atoms in total. The highest BCUT2D eigenvalue weighted by molar-refractivity contribution is 7.99. The fraction of sp³-hybridized carbons (Fsp3) is 0.688. The Morgan fingerprint density at radius 1 is 1.43 bits per heavy atom. The summed E-state index contributed by atoms with van der Waals surface area (Å²) in [5.41, 5.74) is 6.67. The minimum absolute atomic E-state index is 0.0152. The van der Waals surface area contributed by atoms with Crippen molar-refractivity contribution in [3.8, 4) is 0 Å². The van der Waals surface area contributed by atoms with Crippen molar-refractivity contribution < 1.29 is 31.9 Å². The molecule has 0 bridgehead atoms. The van der Waals surface area contributed by atoms with Gasteiger partial charge in [0.15, 0.2) is 23.8 Å². The molecular weight excluding hydrogens is 438 g/mol. The number of hydrogen-bond donors (Lipinski definition) is 2. The summed E-state index contributed by atoms with van der Waals surface area (Å²) in [7, 11) is -3.82. The molecule has 166 valence electrons. The minimum Gasteiger partial charge on any atom is -0.396 e. The molecule has 0 aromatic carbocycles. The molecular formula is C16H23N5O7S2. The standard InChI is InChI=1S/C16H23N5O7S2/c1-16(2)25-6-8-10(27-16)11(28-30(3,23)24)14(26-8)21-7-18-9-12(21)19-15(17)20-13(9)29-5-4-22/h7-8,10-11,14,22H,4-6H2,1-3H3,(H2,17,19,20)/t8-,10+,11+,14-/m1/s1. The Bertz CT molecular complexity index is 1040.